The number of thioether (sulfide) groups is 1. The summed E-state index contributed by atoms with van der Waals surface area (Å²) in [5.41, 5.74) is 0. The molecule has 0 aromatic carbocycles. The molecular weight excluding hydrogens is 194 g/mol. The van der Waals surface area contributed by atoms with Crippen LogP contribution in [-0.4, -0.2) is 29.8 Å². The zero-order valence-electron chi connectivity index (χ0n) is 7.60. The van der Waals surface area contributed by atoms with Crippen LogP contribution in [0.5, 0.6) is 0 Å². The Morgan fingerprint density at radius 2 is 2.33 bits per heavy atom. The molecule has 0 aliphatic carbocycles. The predicted molar refractivity (Wildman–Crippen MR) is 55.9 cm³/mol. The van der Waals surface area contributed by atoms with E-state index in [2.05, 4.69) is 12.2 Å². The minimum Gasteiger partial charge on any atom is -0.353 e. The normalized spacial score (nSPS) is 12.6. The van der Waals surface area contributed by atoms with Crippen LogP contribution in [0.1, 0.15) is 19.8 Å². The van der Waals surface area contributed by atoms with Gasteiger partial charge in [-0.2, -0.15) is 11.8 Å². The standard InChI is InChI=1S/C8H16ClNOS/c1-3-7(6-12-2)10-8(11)4-5-9/h7H,3-6H2,1-2H3,(H,10,11). The van der Waals surface area contributed by atoms with Gasteiger partial charge in [0.2, 0.25) is 5.91 Å². The second-order valence-corrected chi connectivity index (χ2v) is 3.86. The van der Waals surface area contributed by atoms with Gasteiger partial charge in [0.25, 0.3) is 0 Å². The van der Waals surface area contributed by atoms with E-state index in [9.17, 15) is 4.79 Å². The maximum atomic E-state index is 11.1. The molecule has 0 rings (SSSR count). The van der Waals surface area contributed by atoms with Crippen LogP contribution in [0.4, 0.5) is 0 Å². The van der Waals surface area contributed by atoms with Crippen molar-refractivity contribution >= 4 is 29.3 Å². The van der Waals surface area contributed by atoms with Crippen LogP contribution in [0.2, 0.25) is 0 Å². The van der Waals surface area contributed by atoms with Crippen LogP contribution < -0.4 is 5.32 Å². The number of nitrogens with one attached hydrogen (secondary N) is 1. The lowest BCUT2D eigenvalue weighted by atomic mass is 10.2. The first-order chi connectivity index (χ1) is 5.74. The Balaban J connectivity index is 3.61. The van der Waals surface area contributed by atoms with Gasteiger partial charge >= 0.3 is 0 Å². The molecular formula is C8H16ClNOS. The first-order valence-electron chi connectivity index (χ1n) is 4.08. The van der Waals surface area contributed by atoms with Gasteiger partial charge in [-0.3, -0.25) is 4.79 Å². The smallest absolute Gasteiger partial charge is 0.221 e. The second-order valence-electron chi connectivity index (χ2n) is 2.57. The number of rotatable bonds is 6. The molecule has 0 aliphatic heterocycles. The molecule has 0 fully saturated rings. The first-order valence-corrected chi connectivity index (χ1v) is 6.01. The molecule has 72 valence electrons. The van der Waals surface area contributed by atoms with Crippen LogP contribution in [0.15, 0.2) is 0 Å². The minimum atomic E-state index is 0.0610. The van der Waals surface area contributed by atoms with E-state index >= 15 is 0 Å². The van der Waals surface area contributed by atoms with Crippen LogP contribution in [0, 0.1) is 0 Å². The Bertz CT molecular complexity index is 132. The molecule has 0 saturated heterocycles. The predicted octanol–water partition coefficient (Wildman–Crippen LogP) is 1.87. The third kappa shape index (κ3) is 5.72. The van der Waals surface area contributed by atoms with Crippen molar-refractivity contribution in [2.24, 2.45) is 0 Å². The highest BCUT2D eigenvalue weighted by molar-refractivity contribution is 7.98. The lowest BCUT2D eigenvalue weighted by molar-refractivity contribution is -0.121. The number of amides is 1. The SMILES string of the molecule is CCC(CSC)NC(=O)CCCl. The molecule has 0 saturated carbocycles. The van der Waals surface area contributed by atoms with Crippen molar-refractivity contribution in [1.29, 1.82) is 0 Å². The van der Waals surface area contributed by atoms with Gasteiger partial charge in [-0.15, -0.1) is 11.6 Å². The lowest BCUT2D eigenvalue weighted by Crippen LogP contribution is -2.36. The van der Waals surface area contributed by atoms with Crippen molar-refractivity contribution in [2.45, 2.75) is 25.8 Å². The number of halogens is 1. The van der Waals surface area contributed by atoms with Crippen molar-refractivity contribution in [3.05, 3.63) is 0 Å². The average Bonchev–Trinajstić information content (AvgIpc) is 2.04. The van der Waals surface area contributed by atoms with E-state index in [0.29, 0.717) is 18.3 Å². The Labute approximate surface area is 83.4 Å². The monoisotopic (exact) mass is 209 g/mol. The Morgan fingerprint density at radius 3 is 2.75 bits per heavy atom. The third-order valence-corrected chi connectivity index (χ3v) is 2.47. The highest BCUT2D eigenvalue weighted by Crippen LogP contribution is 2.01. The van der Waals surface area contributed by atoms with Crippen LogP contribution in [0.3, 0.4) is 0 Å². The molecule has 0 heterocycles. The van der Waals surface area contributed by atoms with E-state index in [1.54, 1.807) is 11.8 Å². The minimum absolute atomic E-state index is 0.0610. The fraction of sp³-hybridized carbons (Fsp3) is 0.875. The molecule has 1 amide bonds. The van der Waals surface area contributed by atoms with E-state index in [-0.39, 0.29) is 5.91 Å². The molecule has 0 radical (unpaired) electrons. The topological polar surface area (TPSA) is 29.1 Å². The van der Waals surface area contributed by atoms with Crippen LogP contribution >= 0.6 is 23.4 Å². The number of carbonyl (C=O) groups is 1. The molecule has 1 N–H and O–H groups in total. The Hall–Kier alpha value is 0.110. The number of alkyl halides is 1. The van der Waals surface area contributed by atoms with Crippen molar-refractivity contribution in [1.82, 2.24) is 5.32 Å². The number of hydrogen-bond acceptors (Lipinski definition) is 2. The second kappa shape index (κ2) is 7.74. The lowest BCUT2D eigenvalue weighted by Gasteiger charge is -2.14. The maximum absolute atomic E-state index is 11.1. The van der Waals surface area contributed by atoms with E-state index in [4.69, 9.17) is 11.6 Å². The summed E-state index contributed by atoms with van der Waals surface area (Å²) in [6.07, 6.45) is 3.44. The van der Waals surface area contributed by atoms with Crippen molar-refractivity contribution in [2.75, 3.05) is 17.9 Å². The maximum Gasteiger partial charge on any atom is 0.221 e. The molecule has 0 spiro atoms. The van der Waals surface area contributed by atoms with Gasteiger partial charge in [0, 0.05) is 24.1 Å². The Morgan fingerprint density at radius 1 is 1.67 bits per heavy atom. The fourth-order valence-electron chi connectivity index (χ4n) is 0.848. The largest absolute Gasteiger partial charge is 0.353 e. The van der Waals surface area contributed by atoms with E-state index in [1.807, 2.05) is 6.26 Å². The van der Waals surface area contributed by atoms with Crippen molar-refractivity contribution in [3.8, 4) is 0 Å². The number of carbonyl (C=O) groups excluding carboxylic acids is 1. The highest BCUT2D eigenvalue weighted by atomic mass is 35.5. The van der Waals surface area contributed by atoms with Crippen LogP contribution in [-0.2, 0) is 4.79 Å². The average molecular weight is 210 g/mol. The van der Waals surface area contributed by atoms with E-state index < -0.39 is 0 Å². The third-order valence-electron chi connectivity index (χ3n) is 1.55. The van der Waals surface area contributed by atoms with Gasteiger partial charge in [0.1, 0.15) is 0 Å². The van der Waals surface area contributed by atoms with Crippen molar-refractivity contribution < 1.29 is 4.79 Å². The van der Waals surface area contributed by atoms with Gasteiger partial charge in [-0.25, -0.2) is 0 Å². The Kier molecular flexibility index (Phi) is 7.81. The van der Waals surface area contributed by atoms with Crippen molar-refractivity contribution in [3.63, 3.8) is 0 Å². The number of hydrogen-bond donors (Lipinski definition) is 1. The summed E-state index contributed by atoms with van der Waals surface area (Å²) in [5, 5.41) is 2.92. The summed E-state index contributed by atoms with van der Waals surface area (Å²) in [6.45, 7) is 2.07. The molecule has 4 heteroatoms. The molecule has 0 bridgehead atoms. The summed E-state index contributed by atoms with van der Waals surface area (Å²) < 4.78 is 0. The molecule has 1 atom stereocenters. The van der Waals surface area contributed by atoms with Gasteiger partial charge in [-0.05, 0) is 12.7 Å². The van der Waals surface area contributed by atoms with E-state index in [0.717, 1.165) is 12.2 Å². The van der Waals surface area contributed by atoms with Crippen LogP contribution in [0.25, 0.3) is 0 Å². The zero-order valence-corrected chi connectivity index (χ0v) is 9.17. The van der Waals surface area contributed by atoms with Gasteiger partial charge in [0.05, 0.1) is 0 Å². The van der Waals surface area contributed by atoms with Gasteiger partial charge in [-0.1, -0.05) is 6.92 Å². The molecule has 1 unspecified atom stereocenters. The van der Waals surface area contributed by atoms with E-state index in [1.165, 1.54) is 0 Å². The highest BCUT2D eigenvalue weighted by Gasteiger charge is 2.08. The molecule has 0 aromatic heterocycles. The zero-order chi connectivity index (χ0) is 9.40. The van der Waals surface area contributed by atoms with Gasteiger partial charge in [0.15, 0.2) is 0 Å². The van der Waals surface area contributed by atoms with Gasteiger partial charge < -0.3 is 5.32 Å². The molecule has 0 aliphatic rings. The quantitative estimate of drug-likeness (QED) is 0.677. The molecule has 2 nitrogen and oxygen atoms in total. The summed E-state index contributed by atoms with van der Waals surface area (Å²) >= 11 is 7.18. The molecule has 0 aromatic rings. The first kappa shape index (κ1) is 12.1. The molecule has 12 heavy (non-hydrogen) atoms. The summed E-state index contributed by atoms with van der Waals surface area (Å²) in [5.74, 6) is 1.44. The summed E-state index contributed by atoms with van der Waals surface area (Å²) in [4.78, 5) is 11.1. The summed E-state index contributed by atoms with van der Waals surface area (Å²) in [6, 6.07) is 0.302. The summed E-state index contributed by atoms with van der Waals surface area (Å²) in [7, 11) is 0. The fourth-order valence-corrected chi connectivity index (χ4v) is 1.74.